The maximum Gasteiger partial charge on any atom is 2.00 e. The molecule has 0 atom stereocenters. The van der Waals surface area contributed by atoms with Crippen molar-refractivity contribution in [3.8, 4) is 39.9 Å². The van der Waals surface area contributed by atoms with Crippen molar-refractivity contribution in [1.29, 1.82) is 0 Å². The molecule has 0 radical (unpaired) electrons. The minimum Gasteiger partial charge on any atom is -0.509 e. The Morgan fingerprint density at radius 2 is 1.50 bits per heavy atom. The molecule has 0 saturated heterocycles. The van der Waals surface area contributed by atoms with Gasteiger partial charge in [-0.15, -0.1) is 35.7 Å². The second kappa shape index (κ2) is 12.7. The second-order valence-corrected chi connectivity index (χ2v) is 11.1. The van der Waals surface area contributed by atoms with E-state index < -0.39 is 0 Å². The molecule has 0 bridgehead atoms. The molecule has 0 spiro atoms. The van der Waals surface area contributed by atoms with E-state index in [2.05, 4.69) is 96.1 Å². The van der Waals surface area contributed by atoms with Gasteiger partial charge in [0.15, 0.2) is 0 Å². The van der Waals surface area contributed by atoms with E-state index >= 15 is 0 Å². The Kier molecular flexibility index (Phi) is 8.56. The number of pyridine rings is 1. The number of nitrogens with zero attached hydrogens (tertiary/aromatic N) is 6. The average molecular weight is 788 g/mol. The number of anilines is 2. The zero-order chi connectivity index (χ0) is 31.1. The van der Waals surface area contributed by atoms with E-state index in [4.69, 9.17) is 14.6 Å². The van der Waals surface area contributed by atoms with Gasteiger partial charge in [0.2, 0.25) is 0 Å². The number of fused-ring (bicyclic) bond motifs is 3. The van der Waals surface area contributed by atoms with Gasteiger partial charge in [-0.1, -0.05) is 29.8 Å². The molecule has 7 aromatic rings. The molecule has 0 aliphatic heterocycles. The summed E-state index contributed by atoms with van der Waals surface area (Å²) in [5, 5.41) is 6.86. The molecular formula is C37H32N6O2Pt. The van der Waals surface area contributed by atoms with E-state index in [1.165, 1.54) is 0 Å². The van der Waals surface area contributed by atoms with Gasteiger partial charge in [0.1, 0.15) is 11.6 Å². The third-order valence-corrected chi connectivity index (χ3v) is 7.81. The summed E-state index contributed by atoms with van der Waals surface area (Å²) in [6, 6.07) is 35.0. The first kappa shape index (κ1) is 30.9. The number of para-hydroxylation sites is 1. The molecule has 0 unspecified atom stereocenters. The normalized spacial score (nSPS) is 11.0. The van der Waals surface area contributed by atoms with Crippen LogP contribution in [0.15, 0.2) is 104 Å². The molecule has 0 saturated carbocycles. The molecule has 3 aromatic heterocycles. The summed E-state index contributed by atoms with van der Waals surface area (Å²) < 4.78 is 15.7. The molecule has 7 rings (SSSR count). The van der Waals surface area contributed by atoms with Crippen molar-refractivity contribution in [2.75, 3.05) is 45.1 Å². The number of benzene rings is 4. The number of methoxy groups -OCH3 is 1. The largest absolute Gasteiger partial charge is 2.00 e. The number of hydrogen-bond acceptors (Lipinski definition) is 6. The van der Waals surface area contributed by atoms with Gasteiger partial charge in [-0.2, -0.15) is 17.2 Å². The predicted octanol–water partition coefficient (Wildman–Crippen LogP) is 7.56. The van der Waals surface area contributed by atoms with Gasteiger partial charge in [0.25, 0.3) is 0 Å². The van der Waals surface area contributed by atoms with E-state index in [1.807, 2.05) is 65.6 Å². The van der Waals surface area contributed by atoms with Crippen molar-refractivity contribution in [3.63, 3.8) is 0 Å². The molecule has 8 nitrogen and oxygen atoms in total. The number of ether oxygens (including phenoxy) is 2. The molecule has 232 valence electrons. The SMILES string of the molecule is COc1ccnc(-n2c3[c-]c(Oc4[c-]c(-n5cc(-c6c(N(C)C)cccc6N(C)C)cn5)ccc4)ccc3c3ccccc32)c1.[Pt+2]. The van der Waals surface area contributed by atoms with Crippen molar-refractivity contribution in [2.24, 2.45) is 0 Å². The van der Waals surface area contributed by atoms with Gasteiger partial charge in [0, 0.05) is 86.2 Å². The van der Waals surface area contributed by atoms with Crippen molar-refractivity contribution in [1.82, 2.24) is 19.3 Å². The molecule has 0 fully saturated rings. The number of rotatable bonds is 8. The predicted molar refractivity (Wildman–Crippen MR) is 181 cm³/mol. The zero-order valence-corrected chi connectivity index (χ0v) is 28.4. The average Bonchev–Trinajstić information content (AvgIpc) is 3.68. The fourth-order valence-corrected chi connectivity index (χ4v) is 5.72. The van der Waals surface area contributed by atoms with Crippen LogP contribution in [0.1, 0.15) is 0 Å². The first-order valence-corrected chi connectivity index (χ1v) is 14.6. The Hall–Kier alpha value is -5.07. The van der Waals surface area contributed by atoms with Crippen LogP contribution < -0.4 is 19.3 Å². The topological polar surface area (TPSA) is 60.6 Å². The molecule has 0 N–H and O–H groups in total. The van der Waals surface area contributed by atoms with Crippen LogP contribution in [-0.4, -0.2) is 54.6 Å². The van der Waals surface area contributed by atoms with Crippen LogP contribution >= 0.6 is 0 Å². The summed E-state index contributed by atoms with van der Waals surface area (Å²) >= 11 is 0. The fraction of sp³-hybridized carbons (Fsp3) is 0.135. The molecule has 0 aliphatic carbocycles. The fourth-order valence-electron chi connectivity index (χ4n) is 5.72. The summed E-state index contributed by atoms with van der Waals surface area (Å²) in [5.74, 6) is 2.60. The van der Waals surface area contributed by atoms with Crippen LogP contribution in [0.5, 0.6) is 17.2 Å². The third-order valence-electron chi connectivity index (χ3n) is 7.81. The summed E-state index contributed by atoms with van der Waals surface area (Å²) in [6.45, 7) is 0. The third kappa shape index (κ3) is 5.61. The minimum absolute atomic E-state index is 0. The van der Waals surface area contributed by atoms with E-state index in [0.29, 0.717) is 11.5 Å². The van der Waals surface area contributed by atoms with E-state index in [9.17, 15) is 0 Å². The quantitative estimate of drug-likeness (QED) is 0.148. The molecular weight excluding hydrogens is 756 g/mol. The molecule has 46 heavy (non-hydrogen) atoms. The van der Waals surface area contributed by atoms with Gasteiger partial charge < -0.3 is 23.8 Å². The Morgan fingerprint density at radius 3 is 2.26 bits per heavy atom. The Balaban J connectivity index is 0.00000372. The van der Waals surface area contributed by atoms with Gasteiger partial charge >= 0.3 is 21.1 Å². The van der Waals surface area contributed by atoms with Crippen LogP contribution in [0.3, 0.4) is 0 Å². The Labute approximate surface area is 282 Å². The maximum absolute atomic E-state index is 6.35. The van der Waals surface area contributed by atoms with Crippen molar-refractivity contribution in [2.45, 2.75) is 0 Å². The molecule has 0 aliphatic rings. The number of hydrogen-bond donors (Lipinski definition) is 0. The van der Waals surface area contributed by atoms with Crippen molar-refractivity contribution in [3.05, 3.63) is 116 Å². The zero-order valence-electron chi connectivity index (χ0n) is 26.1. The monoisotopic (exact) mass is 787 g/mol. The second-order valence-electron chi connectivity index (χ2n) is 11.1. The summed E-state index contributed by atoms with van der Waals surface area (Å²) in [5.41, 5.74) is 7.03. The molecule has 4 aromatic carbocycles. The van der Waals surface area contributed by atoms with Gasteiger partial charge in [-0.3, -0.25) is 4.68 Å². The first-order valence-electron chi connectivity index (χ1n) is 14.6. The van der Waals surface area contributed by atoms with Crippen LogP contribution in [-0.2, 0) is 21.1 Å². The maximum atomic E-state index is 6.35. The van der Waals surface area contributed by atoms with Gasteiger partial charge in [-0.05, 0) is 35.3 Å². The minimum atomic E-state index is 0. The molecule has 3 heterocycles. The molecule has 9 heteroatoms. The number of aromatic nitrogens is 4. The smallest absolute Gasteiger partial charge is 0.509 e. The van der Waals surface area contributed by atoms with Crippen LogP contribution in [0.4, 0.5) is 11.4 Å². The standard InChI is InChI=1S/C37H32N6O2.Pt/c1-40(2)33-14-9-15-34(41(3)4)37(33)25-23-39-42(24-25)26-10-8-11-28(20-26)45-29-16-17-31-30-12-6-7-13-32(30)43(35(31)21-29)36-22-27(44-5)18-19-38-36;/h6-19,22-24H,1-5H3;/q-2;+2. The Bertz CT molecular complexity index is 2140. The van der Waals surface area contributed by atoms with Crippen LogP contribution in [0, 0.1) is 12.1 Å². The summed E-state index contributed by atoms with van der Waals surface area (Å²) in [4.78, 5) is 8.89. The van der Waals surface area contributed by atoms with E-state index in [-0.39, 0.29) is 21.1 Å². The van der Waals surface area contributed by atoms with Crippen molar-refractivity contribution >= 4 is 33.2 Å². The summed E-state index contributed by atoms with van der Waals surface area (Å²) in [6.07, 6.45) is 5.67. The molecule has 0 amide bonds. The van der Waals surface area contributed by atoms with Gasteiger partial charge in [0.05, 0.1) is 13.3 Å². The first-order chi connectivity index (χ1) is 21.9. The summed E-state index contributed by atoms with van der Waals surface area (Å²) in [7, 11) is 9.87. The van der Waals surface area contributed by atoms with Gasteiger partial charge in [-0.25, -0.2) is 4.98 Å². The van der Waals surface area contributed by atoms with E-state index in [0.717, 1.165) is 61.6 Å². The van der Waals surface area contributed by atoms with Crippen LogP contribution in [0.25, 0.3) is 44.4 Å². The van der Waals surface area contributed by atoms with Crippen LogP contribution in [0.2, 0.25) is 0 Å². The Morgan fingerprint density at radius 1 is 0.761 bits per heavy atom. The van der Waals surface area contributed by atoms with E-state index in [1.54, 1.807) is 13.3 Å². The van der Waals surface area contributed by atoms with Crippen molar-refractivity contribution < 1.29 is 30.5 Å².